The number of para-hydroxylation sites is 2. The predicted octanol–water partition coefficient (Wildman–Crippen LogP) is 4.47. The Bertz CT molecular complexity index is 1140. The summed E-state index contributed by atoms with van der Waals surface area (Å²) in [4.78, 5) is 27.7. The quantitative estimate of drug-likeness (QED) is 0.424. The van der Waals surface area contributed by atoms with Crippen LogP contribution in [0.2, 0.25) is 5.02 Å². The molecule has 0 saturated carbocycles. The molecule has 0 fully saturated rings. The molecule has 3 rings (SSSR count). The van der Waals surface area contributed by atoms with Crippen molar-refractivity contribution in [3.63, 3.8) is 0 Å². The van der Waals surface area contributed by atoms with Crippen molar-refractivity contribution in [2.45, 2.75) is 26.1 Å². The van der Waals surface area contributed by atoms with Gasteiger partial charge in [-0.2, -0.15) is 0 Å². The molecule has 0 aliphatic rings. The first-order chi connectivity index (χ1) is 16.9. The van der Waals surface area contributed by atoms with Crippen molar-refractivity contribution in [2.75, 3.05) is 20.8 Å². The van der Waals surface area contributed by atoms with Crippen LogP contribution in [0.3, 0.4) is 0 Å². The number of ether oxygens (including phenoxy) is 3. The Morgan fingerprint density at radius 1 is 0.914 bits per heavy atom. The van der Waals surface area contributed by atoms with E-state index in [2.05, 4.69) is 5.32 Å². The lowest BCUT2D eigenvalue weighted by Crippen LogP contribution is -2.48. The second kappa shape index (κ2) is 12.7. The molecule has 1 atom stereocenters. The highest BCUT2D eigenvalue weighted by Gasteiger charge is 2.27. The van der Waals surface area contributed by atoms with E-state index < -0.39 is 6.04 Å². The van der Waals surface area contributed by atoms with Gasteiger partial charge in [-0.25, -0.2) is 0 Å². The summed E-state index contributed by atoms with van der Waals surface area (Å²) in [6.45, 7) is 1.92. The average molecular weight is 497 g/mol. The Labute approximate surface area is 210 Å². The van der Waals surface area contributed by atoms with Crippen molar-refractivity contribution in [2.24, 2.45) is 0 Å². The van der Waals surface area contributed by atoms with Crippen LogP contribution in [0.5, 0.6) is 17.2 Å². The van der Waals surface area contributed by atoms with E-state index in [1.54, 1.807) is 45.4 Å². The first-order valence-electron chi connectivity index (χ1n) is 11.1. The van der Waals surface area contributed by atoms with Crippen molar-refractivity contribution >= 4 is 23.4 Å². The maximum atomic E-state index is 13.2. The fourth-order valence-electron chi connectivity index (χ4n) is 3.47. The molecule has 35 heavy (non-hydrogen) atoms. The molecule has 1 N–H and O–H groups in total. The molecular weight excluding hydrogens is 468 g/mol. The van der Waals surface area contributed by atoms with E-state index >= 15 is 0 Å². The monoisotopic (exact) mass is 496 g/mol. The molecule has 0 bridgehead atoms. The zero-order valence-electron chi connectivity index (χ0n) is 20.0. The summed E-state index contributed by atoms with van der Waals surface area (Å²) in [5, 5.41) is 3.31. The van der Waals surface area contributed by atoms with Gasteiger partial charge in [-0.15, -0.1) is 0 Å². The van der Waals surface area contributed by atoms with E-state index in [9.17, 15) is 9.59 Å². The van der Waals surface area contributed by atoms with Gasteiger partial charge in [0.05, 0.1) is 19.2 Å². The highest BCUT2D eigenvalue weighted by Crippen LogP contribution is 2.23. The minimum Gasteiger partial charge on any atom is -0.497 e. The zero-order chi connectivity index (χ0) is 25.2. The van der Waals surface area contributed by atoms with Crippen LogP contribution in [0.4, 0.5) is 0 Å². The van der Waals surface area contributed by atoms with Crippen LogP contribution in [-0.2, 0) is 22.7 Å². The van der Waals surface area contributed by atoms with E-state index in [4.69, 9.17) is 25.8 Å². The average Bonchev–Trinajstić information content (AvgIpc) is 2.89. The number of benzene rings is 3. The van der Waals surface area contributed by atoms with Gasteiger partial charge in [-0.3, -0.25) is 9.59 Å². The maximum absolute atomic E-state index is 13.2. The molecule has 0 spiro atoms. The van der Waals surface area contributed by atoms with Crippen LogP contribution in [0.15, 0.2) is 72.8 Å². The first kappa shape index (κ1) is 25.9. The second-order valence-electron chi connectivity index (χ2n) is 7.79. The lowest BCUT2D eigenvalue weighted by atomic mass is 10.1. The number of amides is 2. The number of hydrogen-bond acceptors (Lipinski definition) is 5. The number of rotatable bonds is 11. The molecule has 2 amide bonds. The molecule has 0 heterocycles. The van der Waals surface area contributed by atoms with E-state index in [1.807, 2.05) is 48.5 Å². The normalized spacial score (nSPS) is 11.3. The van der Waals surface area contributed by atoms with Gasteiger partial charge < -0.3 is 24.4 Å². The Morgan fingerprint density at radius 2 is 1.57 bits per heavy atom. The Morgan fingerprint density at radius 3 is 2.23 bits per heavy atom. The second-order valence-corrected chi connectivity index (χ2v) is 8.20. The summed E-state index contributed by atoms with van der Waals surface area (Å²) >= 11 is 6.15. The summed E-state index contributed by atoms with van der Waals surface area (Å²) in [5.41, 5.74) is 1.69. The summed E-state index contributed by atoms with van der Waals surface area (Å²) in [5.74, 6) is 1.15. The van der Waals surface area contributed by atoms with Crippen LogP contribution in [-0.4, -0.2) is 43.6 Å². The Hall–Kier alpha value is -3.71. The summed E-state index contributed by atoms with van der Waals surface area (Å²) in [6.07, 6.45) is 0. The molecule has 0 saturated heterocycles. The Balaban J connectivity index is 1.73. The van der Waals surface area contributed by atoms with Gasteiger partial charge in [0.1, 0.15) is 23.3 Å². The number of halogens is 1. The lowest BCUT2D eigenvalue weighted by molar-refractivity contribution is -0.142. The van der Waals surface area contributed by atoms with Crippen LogP contribution in [0.25, 0.3) is 0 Å². The summed E-state index contributed by atoms with van der Waals surface area (Å²) < 4.78 is 16.2. The molecular formula is C27H29ClN2O5. The van der Waals surface area contributed by atoms with E-state index in [0.717, 1.165) is 11.1 Å². The lowest BCUT2D eigenvalue weighted by Gasteiger charge is -2.29. The number of methoxy groups -OCH3 is 2. The van der Waals surface area contributed by atoms with Gasteiger partial charge in [-0.1, -0.05) is 54.1 Å². The summed E-state index contributed by atoms with van der Waals surface area (Å²) in [7, 11) is 3.17. The van der Waals surface area contributed by atoms with Gasteiger partial charge >= 0.3 is 0 Å². The van der Waals surface area contributed by atoms with Crippen molar-refractivity contribution in [1.29, 1.82) is 0 Å². The standard InChI is InChI=1S/C27H29ClN2O5/c1-19(27(32)29-16-21-8-4-6-10-24(21)34-3)30(17-20-12-14-22(33-2)15-13-20)26(31)18-35-25-11-7-5-9-23(25)28/h4-15,19H,16-18H2,1-3H3,(H,29,32)/t19-/m0/s1. The Kier molecular flexibility index (Phi) is 9.38. The van der Waals surface area contributed by atoms with Gasteiger partial charge in [0.25, 0.3) is 5.91 Å². The minimum absolute atomic E-state index is 0.220. The van der Waals surface area contributed by atoms with Gasteiger partial charge in [0.2, 0.25) is 5.91 Å². The zero-order valence-corrected chi connectivity index (χ0v) is 20.7. The van der Waals surface area contributed by atoms with E-state index in [0.29, 0.717) is 22.3 Å². The number of carbonyl (C=O) groups excluding carboxylic acids is 2. The molecule has 0 radical (unpaired) electrons. The number of nitrogens with one attached hydrogen (secondary N) is 1. The molecule has 3 aromatic rings. The fourth-order valence-corrected chi connectivity index (χ4v) is 3.66. The van der Waals surface area contributed by atoms with E-state index in [1.165, 1.54) is 4.90 Å². The van der Waals surface area contributed by atoms with Gasteiger partial charge in [-0.05, 0) is 42.8 Å². The molecule has 8 heteroatoms. The number of nitrogens with zero attached hydrogens (tertiary/aromatic N) is 1. The fraction of sp³-hybridized carbons (Fsp3) is 0.259. The van der Waals surface area contributed by atoms with Crippen molar-refractivity contribution in [3.05, 3.63) is 88.9 Å². The molecule has 0 aliphatic heterocycles. The van der Waals surface area contributed by atoms with Gasteiger partial charge in [0, 0.05) is 18.7 Å². The minimum atomic E-state index is -0.755. The number of hydrogen-bond donors (Lipinski definition) is 1. The van der Waals surface area contributed by atoms with E-state index in [-0.39, 0.29) is 31.5 Å². The highest BCUT2D eigenvalue weighted by molar-refractivity contribution is 6.32. The molecule has 7 nitrogen and oxygen atoms in total. The first-order valence-corrected chi connectivity index (χ1v) is 11.5. The molecule has 184 valence electrons. The van der Waals surface area contributed by atoms with Crippen LogP contribution in [0.1, 0.15) is 18.1 Å². The molecule has 0 aliphatic carbocycles. The van der Waals surface area contributed by atoms with Crippen molar-refractivity contribution in [1.82, 2.24) is 10.2 Å². The highest BCUT2D eigenvalue weighted by atomic mass is 35.5. The third-order valence-electron chi connectivity index (χ3n) is 5.51. The summed E-state index contributed by atoms with van der Waals surface area (Å²) in [6, 6.07) is 20.9. The van der Waals surface area contributed by atoms with Gasteiger partial charge in [0.15, 0.2) is 6.61 Å². The molecule has 0 aromatic heterocycles. The van der Waals surface area contributed by atoms with Crippen LogP contribution < -0.4 is 19.5 Å². The largest absolute Gasteiger partial charge is 0.497 e. The topological polar surface area (TPSA) is 77.1 Å². The van der Waals surface area contributed by atoms with Crippen LogP contribution in [0, 0.1) is 0 Å². The molecule has 3 aromatic carbocycles. The third kappa shape index (κ3) is 7.13. The SMILES string of the molecule is COc1ccc(CN(C(=O)COc2ccccc2Cl)[C@@H](C)C(=O)NCc2ccccc2OC)cc1. The molecule has 0 unspecified atom stereocenters. The van der Waals surface area contributed by atoms with Crippen molar-refractivity contribution in [3.8, 4) is 17.2 Å². The number of carbonyl (C=O) groups is 2. The van der Waals surface area contributed by atoms with Crippen molar-refractivity contribution < 1.29 is 23.8 Å². The third-order valence-corrected chi connectivity index (χ3v) is 5.82. The smallest absolute Gasteiger partial charge is 0.261 e. The van der Waals surface area contributed by atoms with Crippen LogP contribution >= 0.6 is 11.6 Å². The predicted molar refractivity (Wildman–Crippen MR) is 135 cm³/mol. The maximum Gasteiger partial charge on any atom is 0.261 e.